The van der Waals surface area contributed by atoms with Crippen LogP contribution in [0, 0.1) is 13.8 Å². The van der Waals surface area contributed by atoms with E-state index in [1.54, 1.807) is 11.0 Å². The molecule has 2 aliphatic rings. The summed E-state index contributed by atoms with van der Waals surface area (Å²) in [6, 6.07) is 5.48. The van der Waals surface area contributed by atoms with Crippen LogP contribution in [0.15, 0.2) is 23.1 Å². The number of ether oxygens (including phenoxy) is 1. The molecular formula is C18H26N2O4S. The van der Waals surface area contributed by atoms with Crippen molar-refractivity contribution >= 4 is 15.9 Å². The van der Waals surface area contributed by atoms with Gasteiger partial charge in [0.25, 0.3) is 5.91 Å². The number of amides is 1. The second-order valence-corrected chi connectivity index (χ2v) is 8.76. The van der Waals surface area contributed by atoms with Crippen LogP contribution in [0.5, 0.6) is 0 Å². The minimum absolute atomic E-state index is 0.00323. The summed E-state index contributed by atoms with van der Waals surface area (Å²) in [5, 5.41) is 0. The SMILES string of the molecule is Cc1ccc(C)c(S(=O)(=O)N2CCCN(C(=O)C3CCCO3)CC2)c1. The molecule has 0 saturated carbocycles. The maximum atomic E-state index is 13.0. The summed E-state index contributed by atoms with van der Waals surface area (Å²) in [5.74, 6) is 0.00323. The first kappa shape index (κ1) is 18.4. The third-order valence-electron chi connectivity index (χ3n) is 4.93. The Morgan fingerprint density at radius 1 is 1.12 bits per heavy atom. The molecule has 2 fully saturated rings. The molecule has 2 heterocycles. The molecule has 1 atom stereocenters. The average Bonchev–Trinajstić information content (AvgIpc) is 3.00. The van der Waals surface area contributed by atoms with Crippen molar-refractivity contribution in [2.75, 3.05) is 32.8 Å². The van der Waals surface area contributed by atoms with Crippen LogP contribution in [-0.4, -0.2) is 62.4 Å². The van der Waals surface area contributed by atoms with Crippen molar-refractivity contribution in [3.05, 3.63) is 29.3 Å². The molecule has 1 aromatic rings. The number of benzene rings is 1. The van der Waals surface area contributed by atoms with Gasteiger partial charge >= 0.3 is 0 Å². The highest BCUT2D eigenvalue weighted by Crippen LogP contribution is 2.23. The smallest absolute Gasteiger partial charge is 0.251 e. The quantitative estimate of drug-likeness (QED) is 0.817. The van der Waals surface area contributed by atoms with E-state index in [0.29, 0.717) is 44.1 Å². The number of sulfonamides is 1. The van der Waals surface area contributed by atoms with Gasteiger partial charge in [-0.2, -0.15) is 4.31 Å². The van der Waals surface area contributed by atoms with Crippen LogP contribution >= 0.6 is 0 Å². The van der Waals surface area contributed by atoms with Crippen molar-refractivity contribution in [2.24, 2.45) is 0 Å². The number of aryl methyl sites for hydroxylation is 2. The molecule has 1 unspecified atom stereocenters. The Hall–Kier alpha value is -1.44. The average molecular weight is 366 g/mol. The number of hydrogen-bond acceptors (Lipinski definition) is 4. The fourth-order valence-electron chi connectivity index (χ4n) is 3.45. The molecule has 0 aromatic heterocycles. The van der Waals surface area contributed by atoms with Gasteiger partial charge in [-0.05, 0) is 50.3 Å². The largest absolute Gasteiger partial charge is 0.368 e. The van der Waals surface area contributed by atoms with E-state index >= 15 is 0 Å². The van der Waals surface area contributed by atoms with Crippen LogP contribution < -0.4 is 0 Å². The van der Waals surface area contributed by atoms with Crippen LogP contribution in [0.2, 0.25) is 0 Å². The third kappa shape index (κ3) is 3.88. The molecule has 1 amide bonds. The summed E-state index contributed by atoms with van der Waals surface area (Å²) in [5.41, 5.74) is 1.68. The molecule has 0 aliphatic carbocycles. The molecule has 6 nitrogen and oxygen atoms in total. The maximum Gasteiger partial charge on any atom is 0.251 e. The van der Waals surface area contributed by atoms with Crippen molar-refractivity contribution in [3.63, 3.8) is 0 Å². The molecule has 2 aliphatic heterocycles. The molecule has 0 bridgehead atoms. The van der Waals surface area contributed by atoms with Gasteiger partial charge in [-0.1, -0.05) is 12.1 Å². The lowest BCUT2D eigenvalue weighted by molar-refractivity contribution is -0.140. The number of rotatable bonds is 3. The summed E-state index contributed by atoms with van der Waals surface area (Å²) in [4.78, 5) is 14.6. The molecular weight excluding hydrogens is 340 g/mol. The fourth-order valence-corrected chi connectivity index (χ4v) is 5.23. The number of hydrogen-bond donors (Lipinski definition) is 0. The molecule has 0 N–H and O–H groups in total. The molecule has 0 radical (unpaired) electrons. The van der Waals surface area contributed by atoms with E-state index in [0.717, 1.165) is 24.0 Å². The van der Waals surface area contributed by atoms with E-state index in [1.165, 1.54) is 4.31 Å². The molecule has 0 spiro atoms. The van der Waals surface area contributed by atoms with Crippen LogP contribution in [0.4, 0.5) is 0 Å². The van der Waals surface area contributed by atoms with Gasteiger partial charge in [-0.15, -0.1) is 0 Å². The number of carbonyl (C=O) groups is 1. The molecule has 1 aromatic carbocycles. The van der Waals surface area contributed by atoms with Gasteiger partial charge in [-0.3, -0.25) is 4.79 Å². The molecule has 3 rings (SSSR count). The third-order valence-corrected chi connectivity index (χ3v) is 6.97. The van der Waals surface area contributed by atoms with Crippen LogP contribution in [-0.2, 0) is 19.6 Å². The topological polar surface area (TPSA) is 66.9 Å². The predicted octanol–water partition coefficient (Wildman–Crippen LogP) is 1.71. The standard InChI is InChI=1S/C18H26N2O4S/c1-14-6-7-15(2)17(13-14)25(22,23)20-9-4-8-19(10-11-20)18(21)16-5-3-12-24-16/h6-7,13,16H,3-5,8-12H2,1-2H3. The Bertz CT molecular complexity index is 741. The molecule has 2 saturated heterocycles. The zero-order valence-electron chi connectivity index (χ0n) is 14.9. The highest BCUT2D eigenvalue weighted by atomic mass is 32.2. The second-order valence-electron chi connectivity index (χ2n) is 6.85. The summed E-state index contributed by atoms with van der Waals surface area (Å²) in [7, 11) is -3.54. The van der Waals surface area contributed by atoms with Gasteiger partial charge in [0.05, 0.1) is 4.90 Å². The van der Waals surface area contributed by atoms with E-state index in [9.17, 15) is 13.2 Å². The normalized spacial score (nSPS) is 22.8. The Labute approximate surface area is 149 Å². The predicted molar refractivity (Wildman–Crippen MR) is 94.8 cm³/mol. The van der Waals surface area contributed by atoms with Crippen molar-refractivity contribution < 1.29 is 17.9 Å². The van der Waals surface area contributed by atoms with E-state index in [1.807, 2.05) is 26.0 Å². The van der Waals surface area contributed by atoms with E-state index in [2.05, 4.69) is 0 Å². The first-order chi connectivity index (χ1) is 11.9. The van der Waals surface area contributed by atoms with Gasteiger partial charge in [0.2, 0.25) is 10.0 Å². The Morgan fingerprint density at radius 2 is 1.92 bits per heavy atom. The van der Waals surface area contributed by atoms with Crippen molar-refractivity contribution in [1.29, 1.82) is 0 Å². The number of nitrogens with zero attached hydrogens (tertiary/aromatic N) is 2. The first-order valence-corrected chi connectivity index (χ1v) is 10.3. The lowest BCUT2D eigenvalue weighted by Gasteiger charge is -2.24. The minimum Gasteiger partial charge on any atom is -0.368 e. The fraction of sp³-hybridized carbons (Fsp3) is 0.611. The van der Waals surface area contributed by atoms with Gasteiger partial charge < -0.3 is 9.64 Å². The van der Waals surface area contributed by atoms with E-state index < -0.39 is 10.0 Å². The summed E-state index contributed by atoms with van der Waals surface area (Å²) < 4.78 is 33.1. The first-order valence-electron chi connectivity index (χ1n) is 8.87. The molecule has 7 heteroatoms. The van der Waals surface area contributed by atoms with Crippen LogP contribution in [0.3, 0.4) is 0 Å². The summed E-state index contributed by atoms with van der Waals surface area (Å²) in [6.07, 6.45) is 1.97. The minimum atomic E-state index is -3.54. The van der Waals surface area contributed by atoms with Gasteiger partial charge in [-0.25, -0.2) is 8.42 Å². The van der Waals surface area contributed by atoms with Crippen LogP contribution in [0.1, 0.15) is 30.4 Å². The summed E-state index contributed by atoms with van der Waals surface area (Å²) >= 11 is 0. The summed E-state index contributed by atoms with van der Waals surface area (Å²) in [6.45, 7) is 6.11. The molecule has 25 heavy (non-hydrogen) atoms. The Kier molecular flexibility index (Phi) is 5.46. The lowest BCUT2D eigenvalue weighted by atomic mass is 10.2. The van der Waals surface area contributed by atoms with Crippen molar-refractivity contribution in [1.82, 2.24) is 9.21 Å². The van der Waals surface area contributed by atoms with Gasteiger partial charge in [0.1, 0.15) is 6.10 Å². The number of carbonyl (C=O) groups excluding carboxylic acids is 1. The van der Waals surface area contributed by atoms with Gasteiger partial charge in [0, 0.05) is 32.8 Å². The van der Waals surface area contributed by atoms with Crippen molar-refractivity contribution in [3.8, 4) is 0 Å². The highest BCUT2D eigenvalue weighted by Gasteiger charge is 2.32. The van der Waals surface area contributed by atoms with Crippen molar-refractivity contribution in [2.45, 2.75) is 44.1 Å². The Balaban J connectivity index is 1.73. The van der Waals surface area contributed by atoms with Crippen LogP contribution in [0.25, 0.3) is 0 Å². The van der Waals surface area contributed by atoms with E-state index in [4.69, 9.17) is 4.74 Å². The van der Waals surface area contributed by atoms with E-state index in [-0.39, 0.29) is 12.0 Å². The molecule has 138 valence electrons. The lowest BCUT2D eigenvalue weighted by Crippen LogP contribution is -2.41. The van der Waals surface area contributed by atoms with Gasteiger partial charge in [0.15, 0.2) is 0 Å². The zero-order chi connectivity index (χ0) is 18.0. The second kappa shape index (κ2) is 7.43. The zero-order valence-corrected chi connectivity index (χ0v) is 15.7. The highest BCUT2D eigenvalue weighted by molar-refractivity contribution is 7.89. The Morgan fingerprint density at radius 3 is 2.64 bits per heavy atom. The monoisotopic (exact) mass is 366 g/mol. The maximum absolute atomic E-state index is 13.0.